The fraction of sp³-hybridized carbons (Fsp3) is 0.357. The van der Waals surface area contributed by atoms with E-state index < -0.39 is 0 Å². The number of carbonyl (C=O) groups excluding carboxylic acids is 1. The average molecular weight is 386 g/mol. The molecule has 1 amide bonds. The SMILES string of the molecule is CCOc1cc(/C=N/N=C(N)N)cc(Br)c1OCC(=O)N(C)C. The molecule has 0 atom stereocenters. The summed E-state index contributed by atoms with van der Waals surface area (Å²) in [5.41, 5.74) is 11.1. The normalized spacial score (nSPS) is 10.4. The van der Waals surface area contributed by atoms with Crippen LogP contribution in [0.5, 0.6) is 11.5 Å². The number of rotatable bonds is 7. The van der Waals surface area contributed by atoms with Gasteiger partial charge in [-0.2, -0.15) is 5.10 Å². The minimum Gasteiger partial charge on any atom is -0.490 e. The van der Waals surface area contributed by atoms with E-state index in [-0.39, 0.29) is 18.5 Å². The number of nitrogens with zero attached hydrogens (tertiary/aromatic N) is 3. The van der Waals surface area contributed by atoms with Gasteiger partial charge >= 0.3 is 0 Å². The van der Waals surface area contributed by atoms with Gasteiger partial charge in [0.15, 0.2) is 18.1 Å². The Bertz CT molecular complexity index is 613. The first kappa shape index (κ1) is 18.8. The molecule has 0 aliphatic heterocycles. The summed E-state index contributed by atoms with van der Waals surface area (Å²) < 4.78 is 11.7. The molecule has 0 spiro atoms. The summed E-state index contributed by atoms with van der Waals surface area (Å²) in [6.07, 6.45) is 1.47. The number of amides is 1. The van der Waals surface area contributed by atoms with Gasteiger partial charge in [0.2, 0.25) is 5.96 Å². The highest BCUT2D eigenvalue weighted by molar-refractivity contribution is 9.10. The maximum Gasteiger partial charge on any atom is 0.259 e. The summed E-state index contributed by atoms with van der Waals surface area (Å²) in [4.78, 5) is 13.1. The molecule has 0 fully saturated rings. The van der Waals surface area contributed by atoms with Crippen molar-refractivity contribution in [2.75, 3.05) is 27.3 Å². The van der Waals surface area contributed by atoms with E-state index >= 15 is 0 Å². The van der Waals surface area contributed by atoms with Gasteiger partial charge in [0, 0.05) is 14.1 Å². The van der Waals surface area contributed by atoms with Crippen molar-refractivity contribution in [3.05, 3.63) is 22.2 Å². The molecule has 0 aliphatic carbocycles. The smallest absolute Gasteiger partial charge is 0.259 e. The third-order valence-electron chi connectivity index (χ3n) is 2.55. The number of guanidine groups is 1. The third-order valence-corrected chi connectivity index (χ3v) is 3.14. The van der Waals surface area contributed by atoms with E-state index in [1.54, 1.807) is 26.2 Å². The zero-order chi connectivity index (χ0) is 17.4. The zero-order valence-electron chi connectivity index (χ0n) is 13.2. The maximum atomic E-state index is 11.7. The molecule has 0 saturated carbocycles. The molecule has 9 heteroatoms. The van der Waals surface area contributed by atoms with E-state index in [0.717, 1.165) is 0 Å². The van der Waals surface area contributed by atoms with Crippen molar-refractivity contribution in [2.24, 2.45) is 21.7 Å². The van der Waals surface area contributed by atoms with Crippen LogP contribution in [0.1, 0.15) is 12.5 Å². The molecule has 0 unspecified atom stereocenters. The van der Waals surface area contributed by atoms with Gasteiger partial charge < -0.3 is 25.8 Å². The highest BCUT2D eigenvalue weighted by Crippen LogP contribution is 2.36. The zero-order valence-corrected chi connectivity index (χ0v) is 14.8. The fourth-order valence-corrected chi connectivity index (χ4v) is 2.06. The maximum absolute atomic E-state index is 11.7. The van der Waals surface area contributed by atoms with Gasteiger partial charge in [-0.3, -0.25) is 4.79 Å². The molecule has 1 rings (SSSR count). The van der Waals surface area contributed by atoms with Crippen LogP contribution in [0.25, 0.3) is 0 Å². The topological polar surface area (TPSA) is 116 Å². The molecule has 0 aromatic heterocycles. The van der Waals surface area contributed by atoms with Crippen LogP contribution in [0.15, 0.2) is 26.8 Å². The van der Waals surface area contributed by atoms with E-state index in [9.17, 15) is 4.79 Å². The number of hydrogen-bond donors (Lipinski definition) is 2. The first-order chi connectivity index (χ1) is 10.8. The van der Waals surface area contributed by atoms with Crippen molar-refractivity contribution >= 4 is 34.0 Å². The summed E-state index contributed by atoms with van der Waals surface area (Å²) in [7, 11) is 3.32. The van der Waals surface area contributed by atoms with Gasteiger partial charge in [-0.05, 0) is 40.5 Å². The second-order valence-corrected chi connectivity index (χ2v) is 5.46. The molecule has 8 nitrogen and oxygen atoms in total. The molecule has 0 saturated heterocycles. The number of ether oxygens (including phenoxy) is 2. The Labute approximate surface area is 143 Å². The monoisotopic (exact) mass is 385 g/mol. The van der Waals surface area contributed by atoms with Crippen molar-refractivity contribution in [3.8, 4) is 11.5 Å². The van der Waals surface area contributed by atoms with Gasteiger partial charge in [0.1, 0.15) is 0 Å². The van der Waals surface area contributed by atoms with E-state index in [0.29, 0.717) is 28.1 Å². The van der Waals surface area contributed by atoms with Crippen molar-refractivity contribution in [3.63, 3.8) is 0 Å². The van der Waals surface area contributed by atoms with Gasteiger partial charge in [0.05, 0.1) is 17.3 Å². The van der Waals surface area contributed by atoms with Gasteiger partial charge in [-0.15, -0.1) is 5.10 Å². The Balaban J connectivity index is 3.04. The lowest BCUT2D eigenvalue weighted by atomic mass is 10.2. The van der Waals surface area contributed by atoms with Gasteiger partial charge in [-0.25, -0.2) is 0 Å². The number of halogens is 1. The quantitative estimate of drug-likeness (QED) is 0.411. The Kier molecular flexibility index (Phi) is 7.33. The van der Waals surface area contributed by atoms with Crippen LogP contribution < -0.4 is 20.9 Å². The minimum absolute atomic E-state index is 0.0902. The van der Waals surface area contributed by atoms with E-state index in [2.05, 4.69) is 26.1 Å². The number of carbonyl (C=O) groups is 1. The Hall–Kier alpha value is -2.29. The molecule has 1 aromatic carbocycles. The van der Waals surface area contributed by atoms with Gasteiger partial charge in [0.25, 0.3) is 5.91 Å². The number of nitrogens with two attached hydrogens (primary N) is 2. The molecule has 4 N–H and O–H groups in total. The summed E-state index contributed by atoms with van der Waals surface area (Å²) >= 11 is 3.40. The molecule has 0 heterocycles. The van der Waals surface area contributed by atoms with E-state index in [4.69, 9.17) is 20.9 Å². The predicted molar refractivity (Wildman–Crippen MR) is 92.9 cm³/mol. The number of hydrogen-bond acceptors (Lipinski definition) is 5. The van der Waals surface area contributed by atoms with Crippen LogP contribution in [0.4, 0.5) is 0 Å². The van der Waals surface area contributed by atoms with Crippen LogP contribution in [0, 0.1) is 0 Å². The van der Waals surface area contributed by atoms with Crippen molar-refractivity contribution in [1.82, 2.24) is 4.90 Å². The second-order valence-electron chi connectivity index (χ2n) is 4.61. The van der Waals surface area contributed by atoms with Crippen LogP contribution >= 0.6 is 15.9 Å². The van der Waals surface area contributed by atoms with Crippen molar-refractivity contribution < 1.29 is 14.3 Å². The molecule has 0 radical (unpaired) electrons. The summed E-state index contributed by atoms with van der Waals surface area (Å²) in [5.74, 6) is 0.644. The van der Waals surface area contributed by atoms with Crippen LogP contribution in [0.2, 0.25) is 0 Å². The van der Waals surface area contributed by atoms with E-state index in [1.807, 2.05) is 6.92 Å². The van der Waals surface area contributed by atoms with Crippen LogP contribution in [-0.4, -0.2) is 50.3 Å². The number of benzene rings is 1. The molecule has 126 valence electrons. The highest BCUT2D eigenvalue weighted by atomic mass is 79.9. The molecule has 1 aromatic rings. The van der Waals surface area contributed by atoms with Crippen molar-refractivity contribution in [1.29, 1.82) is 0 Å². The Morgan fingerprint density at radius 1 is 1.35 bits per heavy atom. The summed E-state index contributed by atoms with van der Waals surface area (Å²) in [6, 6.07) is 3.47. The van der Waals surface area contributed by atoms with Crippen LogP contribution in [0.3, 0.4) is 0 Å². The standard InChI is InChI=1S/C14H20BrN5O3/c1-4-22-11-6-9(7-18-19-14(16)17)5-10(15)13(11)23-8-12(21)20(2)3/h5-7H,4,8H2,1-3H3,(H4,16,17,19)/b18-7+. The van der Waals surface area contributed by atoms with Crippen molar-refractivity contribution in [2.45, 2.75) is 6.92 Å². The predicted octanol–water partition coefficient (Wildman–Crippen LogP) is 0.922. The fourth-order valence-electron chi connectivity index (χ4n) is 1.49. The molecule has 0 aliphatic rings. The largest absolute Gasteiger partial charge is 0.490 e. The Morgan fingerprint density at radius 3 is 2.61 bits per heavy atom. The van der Waals surface area contributed by atoms with Crippen LogP contribution in [-0.2, 0) is 4.79 Å². The highest BCUT2D eigenvalue weighted by Gasteiger charge is 2.14. The van der Waals surface area contributed by atoms with E-state index in [1.165, 1.54) is 11.1 Å². The summed E-state index contributed by atoms with van der Waals surface area (Å²) in [6.45, 7) is 2.20. The van der Waals surface area contributed by atoms with Gasteiger partial charge in [-0.1, -0.05) is 0 Å². The molecule has 23 heavy (non-hydrogen) atoms. The summed E-state index contributed by atoms with van der Waals surface area (Å²) in [5, 5.41) is 7.28. The first-order valence-electron chi connectivity index (χ1n) is 6.76. The molecular weight excluding hydrogens is 366 g/mol. The molecular formula is C14H20BrN5O3. The lowest BCUT2D eigenvalue weighted by Crippen LogP contribution is -2.27. The lowest BCUT2D eigenvalue weighted by molar-refractivity contribution is -0.130. The third kappa shape index (κ3) is 6.15. The molecule has 0 bridgehead atoms. The second kappa shape index (κ2) is 8.99. The minimum atomic E-state index is -0.155. The first-order valence-corrected chi connectivity index (χ1v) is 7.55. The lowest BCUT2D eigenvalue weighted by Gasteiger charge is -2.16. The Morgan fingerprint density at radius 2 is 2.04 bits per heavy atom. The number of likely N-dealkylation sites (N-methyl/N-ethyl adjacent to an activating group) is 1. The average Bonchev–Trinajstić information content (AvgIpc) is 2.45.